The molecule has 0 unspecified atom stereocenters. The van der Waals surface area contributed by atoms with Gasteiger partial charge in [-0.05, 0) is 12.1 Å². The van der Waals surface area contributed by atoms with E-state index in [4.69, 9.17) is 6.42 Å². The van der Waals surface area contributed by atoms with Crippen molar-refractivity contribution in [2.75, 3.05) is 0 Å². The Labute approximate surface area is 89.1 Å². The van der Waals surface area contributed by atoms with Crippen molar-refractivity contribution in [1.29, 1.82) is 0 Å². The molecule has 0 saturated heterocycles. The average Bonchev–Trinajstić information content (AvgIpc) is 2.57. The predicted octanol–water partition coefficient (Wildman–Crippen LogP) is 2.01. The van der Waals surface area contributed by atoms with Crippen LogP contribution in [0.2, 0.25) is 0 Å². The van der Waals surface area contributed by atoms with Gasteiger partial charge in [0.2, 0.25) is 0 Å². The third-order valence-electron chi connectivity index (χ3n) is 2.22. The van der Waals surface area contributed by atoms with Crippen molar-refractivity contribution >= 4 is 5.52 Å². The topological polar surface area (TPSA) is 30.2 Å². The van der Waals surface area contributed by atoms with E-state index in [2.05, 4.69) is 36.8 Å². The zero-order valence-electron chi connectivity index (χ0n) is 9.15. The van der Waals surface area contributed by atoms with E-state index in [1.165, 1.54) is 0 Å². The molecule has 0 atom stereocenters. The van der Waals surface area contributed by atoms with Gasteiger partial charge in [0, 0.05) is 5.41 Å². The number of nitrogens with zero attached hydrogens (tertiary/aromatic N) is 3. The first-order valence-corrected chi connectivity index (χ1v) is 4.84. The Kier molecular flexibility index (Phi) is 2.01. The van der Waals surface area contributed by atoms with Crippen LogP contribution in [0.5, 0.6) is 0 Å². The molecule has 2 aromatic heterocycles. The van der Waals surface area contributed by atoms with Crippen molar-refractivity contribution in [2.24, 2.45) is 0 Å². The van der Waals surface area contributed by atoms with Gasteiger partial charge in [0.15, 0.2) is 5.82 Å². The minimum atomic E-state index is -0.0652. The number of hydrogen-bond donors (Lipinski definition) is 0. The molecule has 0 N–H and O–H groups in total. The van der Waals surface area contributed by atoms with Crippen LogP contribution in [0.15, 0.2) is 18.3 Å². The van der Waals surface area contributed by atoms with Gasteiger partial charge in [-0.25, -0.2) is 9.50 Å². The molecule has 3 nitrogen and oxygen atoms in total. The lowest BCUT2D eigenvalue weighted by molar-refractivity contribution is 0.529. The van der Waals surface area contributed by atoms with Gasteiger partial charge in [-0.1, -0.05) is 26.7 Å². The summed E-state index contributed by atoms with van der Waals surface area (Å²) in [5.41, 5.74) is 1.62. The van der Waals surface area contributed by atoms with E-state index >= 15 is 0 Å². The van der Waals surface area contributed by atoms with Gasteiger partial charge >= 0.3 is 0 Å². The molecule has 0 spiro atoms. The Morgan fingerprint density at radius 1 is 1.33 bits per heavy atom. The first-order chi connectivity index (χ1) is 7.02. The highest BCUT2D eigenvalue weighted by molar-refractivity contribution is 5.49. The molecule has 0 aliphatic carbocycles. The SMILES string of the molecule is C#Cc1ccc2cnc(C(C)(C)C)nn12. The molecule has 0 aliphatic heterocycles. The first kappa shape index (κ1) is 9.72. The molecule has 0 bridgehead atoms. The van der Waals surface area contributed by atoms with Crippen LogP contribution < -0.4 is 0 Å². The molecule has 0 radical (unpaired) electrons. The van der Waals surface area contributed by atoms with Gasteiger partial charge in [0.1, 0.15) is 5.69 Å². The van der Waals surface area contributed by atoms with Crippen molar-refractivity contribution in [3.8, 4) is 12.3 Å². The third kappa shape index (κ3) is 1.59. The lowest BCUT2D eigenvalue weighted by atomic mass is 9.96. The number of hydrogen-bond acceptors (Lipinski definition) is 2. The number of aromatic nitrogens is 3. The summed E-state index contributed by atoms with van der Waals surface area (Å²) in [6, 6.07) is 3.79. The largest absolute Gasteiger partial charge is 0.237 e. The fourth-order valence-corrected chi connectivity index (χ4v) is 1.35. The highest BCUT2D eigenvalue weighted by Gasteiger charge is 2.18. The zero-order chi connectivity index (χ0) is 11.1. The monoisotopic (exact) mass is 199 g/mol. The Bertz CT molecular complexity index is 538. The fourth-order valence-electron chi connectivity index (χ4n) is 1.35. The van der Waals surface area contributed by atoms with E-state index in [9.17, 15) is 0 Å². The standard InChI is InChI=1S/C12H13N3/c1-5-9-6-7-10-8-13-11(12(2,3)4)14-15(9)10/h1,6-8H,2-4H3. The van der Waals surface area contributed by atoms with Crippen LogP contribution >= 0.6 is 0 Å². The zero-order valence-corrected chi connectivity index (χ0v) is 9.15. The predicted molar refractivity (Wildman–Crippen MR) is 59.6 cm³/mol. The molecule has 2 heterocycles. The van der Waals surface area contributed by atoms with E-state index in [1.54, 1.807) is 10.7 Å². The summed E-state index contributed by atoms with van der Waals surface area (Å²) in [4.78, 5) is 4.33. The summed E-state index contributed by atoms with van der Waals surface area (Å²) in [5.74, 6) is 3.40. The second-order valence-corrected chi connectivity index (χ2v) is 4.53. The minimum absolute atomic E-state index is 0.0652. The summed E-state index contributed by atoms with van der Waals surface area (Å²) in [7, 11) is 0. The summed E-state index contributed by atoms with van der Waals surface area (Å²) in [6.07, 6.45) is 7.19. The van der Waals surface area contributed by atoms with Crippen LogP contribution in [0, 0.1) is 12.3 Å². The molecule has 0 amide bonds. The van der Waals surface area contributed by atoms with Crippen molar-refractivity contribution in [3.63, 3.8) is 0 Å². The molecule has 3 heteroatoms. The highest BCUT2D eigenvalue weighted by atomic mass is 15.3. The summed E-state index contributed by atoms with van der Waals surface area (Å²) in [5, 5.41) is 4.44. The molecule has 2 rings (SSSR count). The summed E-state index contributed by atoms with van der Waals surface area (Å²) in [6.45, 7) is 6.23. The lowest BCUT2D eigenvalue weighted by Crippen LogP contribution is -2.18. The van der Waals surface area contributed by atoms with E-state index in [1.807, 2.05) is 12.1 Å². The molecule has 0 aliphatic rings. The second kappa shape index (κ2) is 3.09. The molecule has 0 saturated carbocycles. The molecule has 2 aromatic rings. The van der Waals surface area contributed by atoms with Gasteiger partial charge in [0.25, 0.3) is 0 Å². The normalized spacial score (nSPS) is 11.6. The van der Waals surface area contributed by atoms with Gasteiger partial charge in [-0.2, -0.15) is 5.10 Å². The Balaban J connectivity index is 2.69. The average molecular weight is 199 g/mol. The Morgan fingerprint density at radius 2 is 2.07 bits per heavy atom. The smallest absolute Gasteiger partial charge is 0.154 e. The highest BCUT2D eigenvalue weighted by Crippen LogP contribution is 2.18. The summed E-state index contributed by atoms with van der Waals surface area (Å²) >= 11 is 0. The van der Waals surface area contributed by atoms with E-state index in [0.29, 0.717) is 0 Å². The van der Waals surface area contributed by atoms with Gasteiger partial charge in [-0.15, -0.1) is 6.42 Å². The van der Waals surface area contributed by atoms with E-state index in [-0.39, 0.29) is 5.41 Å². The maximum Gasteiger partial charge on any atom is 0.154 e. The van der Waals surface area contributed by atoms with E-state index in [0.717, 1.165) is 17.0 Å². The molecule has 15 heavy (non-hydrogen) atoms. The van der Waals surface area contributed by atoms with Crippen LogP contribution in [-0.4, -0.2) is 14.6 Å². The number of rotatable bonds is 0. The van der Waals surface area contributed by atoms with Crippen LogP contribution in [0.1, 0.15) is 32.3 Å². The second-order valence-electron chi connectivity index (χ2n) is 4.53. The van der Waals surface area contributed by atoms with Crippen molar-refractivity contribution in [1.82, 2.24) is 14.6 Å². The van der Waals surface area contributed by atoms with Crippen LogP contribution in [-0.2, 0) is 5.41 Å². The number of terminal acetylenes is 1. The van der Waals surface area contributed by atoms with Crippen molar-refractivity contribution < 1.29 is 0 Å². The van der Waals surface area contributed by atoms with Crippen molar-refractivity contribution in [2.45, 2.75) is 26.2 Å². The van der Waals surface area contributed by atoms with Gasteiger partial charge in [-0.3, -0.25) is 0 Å². The Hall–Kier alpha value is -1.82. The van der Waals surface area contributed by atoms with Crippen LogP contribution in [0.4, 0.5) is 0 Å². The maximum absolute atomic E-state index is 5.39. The van der Waals surface area contributed by atoms with Gasteiger partial charge < -0.3 is 0 Å². The van der Waals surface area contributed by atoms with E-state index < -0.39 is 0 Å². The minimum Gasteiger partial charge on any atom is -0.237 e. The van der Waals surface area contributed by atoms with Gasteiger partial charge in [0.05, 0.1) is 11.7 Å². The molecule has 76 valence electrons. The maximum atomic E-state index is 5.39. The van der Waals surface area contributed by atoms with Crippen molar-refractivity contribution in [3.05, 3.63) is 29.8 Å². The van der Waals surface area contributed by atoms with Crippen LogP contribution in [0.25, 0.3) is 5.52 Å². The summed E-state index contributed by atoms with van der Waals surface area (Å²) < 4.78 is 1.76. The molecule has 0 aromatic carbocycles. The Morgan fingerprint density at radius 3 is 2.67 bits per heavy atom. The lowest BCUT2D eigenvalue weighted by Gasteiger charge is -2.15. The molecule has 0 fully saturated rings. The quantitative estimate of drug-likeness (QED) is 0.607. The first-order valence-electron chi connectivity index (χ1n) is 4.84. The number of fused-ring (bicyclic) bond motifs is 1. The molecular weight excluding hydrogens is 186 g/mol. The van der Waals surface area contributed by atoms with Crippen LogP contribution in [0.3, 0.4) is 0 Å². The third-order valence-corrected chi connectivity index (χ3v) is 2.22. The fraction of sp³-hybridized carbons (Fsp3) is 0.333. The molecular formula is C12H13N3.